The van der Waals surface area contributed by atoms with E-state index >= 15 is 0 Å². The van der Waals surface area contributed by atoms with E-state index in [1.165, 1.54) is 22.2 Å². The molecule has 0 bridgehead atoms. The van der Waals surface area contributed by atoms with Crippen LogP contribution in [0.4, 0.5) is 5.82 Å². The van der Waals surface area contributed by atoms with E-state index in [0.29, 0.717) is 16.3 Å². The predicted molar refractivity (Wildman–Crippen MR) is 62.0 cm³/mol. The number of ketones is 1. The molecule has 2 aromatic heterocycles. The summed E-state index contributed by atoms with van der Waals surface area (Å²) in [7, 11) is 1.62. The van der Waals surface area contributed by atoms with Crippen LogP contribution in [0.2, 0.25) is 0 Å². The molecule has 0 aliphatic heterocycles. The van der Waals surface area contributed by atoms with Crippen molar-refractivity contribution in [2.75, 3.05) is 6.61 Å². The molecular formula is C10H8N4O2S. The van der Waals surface area contributed by atoms with Crippen LogP contribution in [0.25, 0.3) is 15.4 Å². The van der Waals surface area contributed by atoms with Gasteiger partial charge in [-0.1, -0.05) is 6.57 Å². The molecule has 7 heteroatoms. The lowest BCUT2D eigenvalue weighted by Gasteiger charge is -1.99. The van der Waals surface area contributed by atoms with Crippen molar-refractivity contribution in [2.45, 2.75) is 0 Å². The van der Waals surface area contributed by atoms with Crippen molar-refractivity contribution in [1.29, 1.82) is 0 Å². The molecule has 86 valence electrons. The number of aliphatic hydroxyl groups is 1. The number of nitrogens with zero attached hydrogens (tertiary/aromatic N) is 4. The van der Waals surface area contributed by atoms with Gasteiger partial charge in [0.25, 0.3) is 5.82 Å². The second kappa shape index (κ2) is 4.45. The highest BCUT2D eigenvalue weighted by atomic mass is 32.1. The second-order valence-electron chi connectivity index (χ2n) is 3.23. The fourth-order valence-electron chi connectivity index (χ4n) is 1.44. The summed E-state index contributed by atoms with van der Waals surface area (Å²) in [5.74, 6) is -0.129. The number of Topliss-reactive ketones (excluding diaryl/α,β-unsaturated/α-hetero) is 1. The Morgan fingerprint density at radius 1 is 1.71 bits per heavy atom. The average Bonchev–Trinajstić information content (AvgIpc) is 2.94. The number of carbonyl (C=O) groups excluding carboxylic acids is 1. The van der Waals surface area contributed by atoms with Gasteiger partial charge in [-0.15, -0.1) is 16.3 Å². The molecule has 2 aromatic rings. The lowest BCUT2D eigenvalue weighted by molar-refractivity contribution is 0.0895. The molecule has 17 heavy (non-hydrogen) atoms. The topological polar surface area (TPSA) is 72.4 Å². The molecule has 0 fully saturated rings. The molecule has 0 aromatic carbocycles. The van der Waals surface area contributed by atoms with Crippen LogP contribution in [0.1, 0.15) is 10.5 Å². The summed E-state index contributed by atoms with van der Waals surface area (Å²) in [6.07, 6.45) is 1.51. The van der Waals surface area contributed by atoms with E-state index in [0.717, 1.165) is 0 Å². The number of thiazole rings is 1. The lowest BCUT2D eigenvalue weighted by atomic mass is 10.2. The molecule has 0 unspecified atom stereocenters. The van der Waals surface area contributed by atoms with Crippen molar-refractivity contribution >= 4 is 22.9 Å². The zero-order valence-electron chi connectivity index (χ0n) is 8.91. The third-order valence-corrected chi connectivity index (χ3v) is 3.05. The van der Waals surface area contributed by atoms with Gasteiger partial charge in [0.2, 0.25) is 10.8 Å². The lowest BCUT2D eigenvalue weighted by Crippen LogP contribution is -2.11. The molecule has 1 N–H and O–H groups in total. The van der Waals surface area contributed by atoms with Gasteiger partial charge in [0.1, 0.15) is 12.3 Å². The predicted octanol–water partition coefficient (Wildman–Crippen LogP) is 1.27. The highest BCUT2D eigenvalue weighted by molar-refractivity contribution is 7.13. The maximum atomic E-state index is 11.6. The van der Waals surface area contributed by atoms with Crippen molar-refractivity contribution in [2.24, 2.45) is 7.05 Å². The molecule has 0 saturated heterocycles. The first-order valence-corrected chi connectivity index (χ1v) is 5.54. The van der Waals surface area contributed by atoms with Crippen LogP contribution in [0, 0.1) is 6.57 Å². The van der Waals surface area contributed by atoms with Crippen LogP contribution in [0.15, 0.2) is 11.6 Å². The molecular weight excluding hydrogens is 240 g/mol. The van der Waals surface area contributed by atoms with Crippen LogP contribution in [0.5, 0.6) is 0 Å². The van der Waals surface area contributed by atoms with Gasteiger partial charge in [0.05, 0.1) is 11.8 Å². The minimum absolute atomic E-state index is 0.288. The summed E-state index contributed by atoms with van der Waals surface area (Å²) in [4.78, 5) is 18.8. The maximum absolute atomic E-state index is 11.6. The summed E-state index contributed by atoms with van der Waals surface area (Å²) in [5, 5.41) is 15.0. The summed E-state index contributed by atoms with van der Waals surface area (Å²) in [6.45, 7) is 6.26. The first kappa shape index (κ1) is 11.4. The van der Waals surface area contributed by atoms with Crippen molar-refractivity contribution < 1.29 is 9.90 Å². The van der Waals surface area contributed by atoms with Crippen LogP contribution in [0.3, 0.4) is 0 Å². The van der Waals surface area contributed by atoms with Crippen molar-refractivity contribution in [3.8, 4) is 10.6 Å². The Kier molecular flexibility index (Phi) is 2.99. The first-order valence-electron chi connectivity index (χ1n) is 4.66. The van der Waals surface area contributed by atoms with Crippen LogP contribution in [-0.4, -0.2) is 32.3 Å². The van der Waals surface area contributed by atoms with Gasteiger partial charge < -0.3 is 9.95 Å². The van der Waals surface area contributed by atoms with E-state index in [4.69, 9.17) is 11.7 Å². The number of aromatic nitrogens is 3. The summed E-state index contributed by atoms with van der Waals surface area (Å²) in [5.41, 5.74) is 0.852. The first-order chi connectivity index (χ1) is 8.17. The highest BCUT2D eigenvalue weighted by Gasteiger charge is 2.21. The number of carbonyl (C=O) groups is 1. The maximum Gasteiger partial charge on any atom is 0.281 e. The second-order valence-corrected chi connectivity index (χ2v) is 4.09. The van der Waals surface area contributed by atoms with Crippen LogP contribution < -0.4 is 0 Å². The number of rotatable bonds is 3. The number of aliphatic hydroxyl groups excluding tert-OH is 1. The molecule has 0 aliphatic rings. The largest absolute Gasteiger partial charge is 0.388 e. The monoisotopic (exact) mass is 248 g/mol. The molecule has 0 atom stereocenters. The van der Waals surface area contributed by atoms with E-state index < -0.39 is 12.4 Å². The molecule has 0 saturated carbocycles. The third kappa shape index (κ3) is 1.95. The molecule has 6 nitrogen and oxygen atoms in total. The summed E-state index contributed by atoms with van der Waals surface area (Å²) in [6, 6.07) is 0. The van der Waals surface area contributed by atoms with Gasteiger partial charge in [-0.25, -0.2) is 0 Å². The van der Waals surface area contributed by atoms with E-state index in [1.807, 2.05) is 0 Å². The Hall–Kier alpha value is -2.04. The van der Waals surface area contributed by atoms with Gasteiger partial charge in [0, 0.05) is 12.4 Å². The molecule has 0 radical (unpaired) electrons. The summed E-state index contributed by atoms with van der Waals surface area (Å²) >= 11 is 1.27. The van der Waals surface area contributed by atoms with Gasteiger partial charge in [-0.2, -0.15) is 5.10 Å². The van der Waals surface area contributed by atoms with Crippen LogP contribution >= 0.6 is 11.3 Å². The Labute approximate surface area is 101 Å². The molecule has 2 heterocycles. The van der Waals surface area contributed by atoms with Crippen LogP contribution in [-0.2, 0) is 7.05 Å². The van der Waals surface area contributed by atoms with E-state index in [-0.39, 0.29) is 5.82 Å². The molecule has 2 rings (SSSR count). The fraction of sp³-hybridized carbons (Fsp3) is 0.200. The smallest absolute Gasteiger partial charge is 0.281 e. The minimum atomic E-state index is -0.576. The van der Waals surface area contributed by atoms with Crippen molar-refractivity contribution in [3.63, 3.8) is 0 Å². The Balaban J connectivity index is 2.53. The van der Waals surface area contributed by atoms with Gasteiger partial charge in [-0.3, -0.25) is 9.48 Å². The molecule has 0 aliphatic carbocycles. The molecule has 0 amide bonds. The number of hydrogen-bond acceptors (Lipinski definition) is 5. The third-order valence-electron chi connectivity index (χ3n) is 2.18. The average molecular weight is 248 g/mol. The number of hydrogen-bond donors (Lipinski definition) is 1. The van der Waals surface area contributed by atoms with Crippen molar-refractivity contribution in [1.82, 2.24) is 14.8 Å². The van der Waals surface area contributed by atoms with Crippen molar-refractivity contribution in [3.05, 3.63) is 28.7 Å². The Bertz CT molecular complexity index is 608. The standard InChI is InChI=1S/C10H8N4O2S/c1-11-8-5-17-10(13-8)6-3-12-14(2)9(6)7(16)4-15/h3,5,15H,4H2,2H3. The van der Waals surface area contributed by atoms with E-state index in [9.17, 15) is 4.79 Å². The Morgan fingerprint density at radius 3 is 3.06 bits per heavy atom. The zero-order valence-corrected chi connectivity index (χ0v) is 9.73. The Morgan fingerprint density at radius 2 is 2.47 bits per heavy atom. The minimum Gasteiger partial charge on any atom is -0.388 e. The normalized spacial score (nSPS) is 10.2. The van der Waals surface area contributed by atoms with Gasteiger partial charge >= 0.3 is 0 Å². The van der Waals surface area contributed by atoms with E-state index in [2.05, 4.69) is 14.9 Å². The quantitative estimate of drug-likeness (QED) is 0.655. The van der Waals surface area contributed by atoms with Gasteiger partial charge in [-0.05, 0) is 0 Å². The number of aryl methyl sites for hydroxylation is 1. The van der Waals surface area contributed by atoms with Gasteiger partial charge in [0.15, 0.2) is 0 Å². The van der Waals surface area contributed by atoms with E-state index in [1.54, 1.807) is 12.4 Å². The SMILES string of the molecule is [C-]#[N+]c1csc(-c2cnn(C)c2C(=O)CO)n1. The highest BCUT2D eigenvalue weighted by Crippen LogP contribution is 2.29. The zero-order chi connectivity index (χ0) is 12.4. The summed E-state index contributed by atoms with van der Waals surface area (Å²) < 4.78 is 1.40. The fourth-order valence-corrected chi connectivity index (χ4v) is 2.18. The molecule has 0 spiro atoms.